The molecule has 0 bridgehead atoms. The molecule has 1 unspecified atom stereocenters. The topological polar surface area (TPSA) is 40.5 Å². The summed E-state index contributed by atoms with van der Waals surface area (Å²) in [5, 5.41) is 19.0. The van der Waals surface area contributed by atoms with Crippen LogP contribution in [0.3, 0.4) is 0 Å². The van der Waals surface area contributed by atoms with E-state index >= 15 is 0 Å². The molecule has 1 aliphatic heterocycles. The predicted octanol–water partition coefficient (Wildman–Crippen LogP) is 0.565. The zero-order valence-corrected chi connectivity index (χ0v) is 6.18. The fourth-order valence-corrected chi connectivity index (χ4v) is 2.11. The van der Waals surface area contributed by atoms with Gasteiger partial charge in [0, 0.05) is 0 Å². The van der Waals surface area contributed by atoms with Crippen LogP contribution in [0.5, 0.6) is 0 Å². The second-order valence-corrected chi connectivity index (χ2v) is 4.31. The van der Waals surface area contributed by atoms with Gasteiger partial charge in [0.05, 0.1) is 4.36 Å². The highest BCUT2D eigenvalue weighted by Gasteiger charge is 2.21. The summed E-state index contributed by atoms with van der Waals surface area (Å²) in [6.07, 6.45) is 2.10. The minimum atomic E-state index is -1.30. The lowest BCUT2D eigenvalue weighted by molar-refractivity contribution is 0.437. The quantitative estimate of drug-likeness (QED) is 0.392. The van der Waals surface area contributed by atoms with Gasteiger partial charge in [0.1, 0.15) is 0 Å². The third kappa shape index (κ3) is 1.52. The van der Waals surface area contributed by atoms with Crippen molar-refractivity contribution in [3.8, 4) is 0 Å². The molecule has 2 nitrogen and oxygen atoms in total. The van der Waals surface area contributed by atoms with E-state index in [9.17, 15) is 0 Å². The van der Waals surface area contributed by atoms with Gasteiger partial charge in [0.2, 0.25) is 0 Å². The van der Waals surface area contributed by atoms with Crippen molar-refractivity contribution in [2.75, 3.05) is 0 Å². The standard InChI is InChI=1S/C4H6BClO2S/c6-4-2-1-3-9(4)5(7)8/h1-3,7-9H. The molecule has 0 aliphatic carbocycles. The molecule has 0 aromatic rings. The van der Waals surface area contributed by atoms with Crippen LogP contribution in [-0.2, 0) is 0 Å². The van der Waals surface area contributed by atoms with Gasteiger partial charge in [0.15, 0.2) is 0 Å². The molecule has 9 heavy (non-hydrogen) atoms. The third-order valence-corrected chi connectivity index (χ3v) is 3.32. The van der Waals surface area contributed by atoms with Crippen LogP contribution in [0.25, 0.3) is 0 Å². The maximum atomic E-state index is 8.63. The summed E-state index contributed by atoms with van der Waals surface area (Å²) < 4.78 is 0.542. The maximum Gasteiger partial charge on any atom is 0.515 e. The van der Waals surface area contributed by atoms with Gasteiger partial charge in [-0.1, -0.05) is 17.7 Å². The summed E-state index contributed by atoms with van der Waals surface area (Å²) in [5.74, 6) is 0. The van der Waals surface area contributed by atoms with Crippen molar-refractivity contribution in [2.45, 2.75) is 0 Å². The van der Waals surface area contributed by atoms with Crippen molar-refractivity contribution in [2.24, 2.45) is 0 Å². The second-order valence-electron chi connectivity index (χ2n) is 1.58. The smallest absolute Gasteiger partial charge is 0.418 e. The van der Waals surface area contributed by atoms with Crippen molar-refractivity contribution in [3.05, 3.63) is 21.9 Å². The molecule has 0 saturated carbocycles. The SMILES string of the molecule is OB(O)[SH]1C=CC=C1Cl. The highest BCUT2D eigenvalue weighted by Crippen LogP contribution is 2.43. The fourth-order valence-electron chi connectivity index (χ4n) is 0.560. The van der Waals surface area contributed by atoms with Crippen LogP contribution in [0.4, 0.5) is 0 Å². The second kappa shape index (κ2) is 2.79. The van der Waals surface area contributed by atoms with E-state index in [0.717, 1.165) is 0 Å². The Kier molecular flexibility index (Phi) is 2.24. The van der Waals surface area contributed by atoms with Gasteiger partial charge in [-0.05, 0) is 11.5 Å². The lowest BCUT2D eigenvalue weighted by atomic mass is 10.4. The Bertz CT molecular complexity index is 168. The molecule has 2 N–H and O–H groups in total. The number of thiol groups is 1. The summed E-state index contributed by atoms with van der Waals surface area (Å²) in [5.41, 5.74) is 0. The molecule has 1 atom stereocenters. The van der Waals surface area contributed by atoms with Crippen molar-refractivity contribution < 1.29 is 10.0 Å². The minimum Gasteiger partial charge on any atom is -0.418 e. The van der Waals surface area contributed by atoms with Crippen LogP contribution in [0.1, 0.15) is 0 Å². The van der Waals surface area contributed by atoms with Crippen molar-refractivity contribution in [1.29, 1.82) is 0 Å². The van der Waals surface area contributed by atoms with Crippen LogP contribution in [0, 0.1) is 0 Å². The molecule has 0 saturated heterocycles. The van der Waals surface area contributed by atoms with E-state index in [1.54, 1.807) is 17.6 Å². The summed E-state index contributed by atoms with van der Waals surface area (Å²) in [7, 11) is -1.01. The molecule has 50 valence electrons. The zero-order chi connectivity index (χ0) is 6.85. The molecule has 1 heterocycles. The number of rotatable bonds is 1. The Hall–Kier alpha value is 0.105. The van der Waals surface area contributed by atoms with Crippen LogP contribution in [0.15, 0.2) is 21.9 Å². The molecule has 0 radical (unpaired) electrons. The van der Waals surface area contributed by atoms with E-state index < -0.39 is 17.1 Å². The first-order valence-electron chi connectivity index (χ1n) is 2.40. The highest BCUT2D eigenvalue weighted by atomic mass is 35.5. The van der Waals surface area contributed by atoms with E-state index in [-0.39, 0.29) is 0 Å². The van der Waals surface area contributed by atoms with E-state index in [2.05, 4.69) is 0 Å². The highest BCUT2D eigenvalue weighted by molar-refractivity contribution is 8.44. The first kappa shape index (κ1) is 7.21. The van der Waals surface area contributed by atoms with Gasteiger partial charge in [0.25, 0.3) is 0 Å². The maximum absolute atomic E-state index is 8.63. The zero-order valence-electron chi connectivity index (χ0n) is 4.53. The molecule has 1 aliphatic rings. The number of hydrogen-bond acceptors (Lipinski definition) is 2. The van der Waals surface area contributed by atoms with Crippen LogP contribution in [-0.4, -0.2) is 16.4 Å². The Labute approximate surface area is 61.2 Å². The van der Waals surface area contributed by atoms with Gasteiger partial charge >= 0.3 is 6.40 Å². The average Bonchev–Trinajstić information content (AvgIpc) is 2.13. The molecule has 0 amide bonds. The molecule has 5 heteroatoms. The number of hydrogen-bond donors (Lipinski definition) is 3. The molecule has 0 spiro atoms. The summed E-state index contributed by atoms with van der Waals surface area (Å²) in [6, 6.07) is 0. The lowest BCUT2D eigenvalue weighted by Crippen LogP contribution is -2.09. The normalized spacial score (nSPS) is 28.3. The summed E-state index contributed by atoms with van der Waals surface area (Å²) >= 11 is 5.58. The third-order valence-electron chi connectivity index (χ3n) is 0.976. The molecular formula is C4H6BClO2S. The molecular weight excluding hydrogens is 158 g/mol. The molecule has 0 aromatic heterocycles. The Morgan fingerprint density at radius 1 is 1.56 bits per heavy atom. The summed E-state index contributed by atoms with van der Waals surface area (Å²) in [4.78, 5) is 0. The van der Waals surface area contributed by atoms with Crippen molar-refractivity contribution >= 4 is 28.7 Å². The van der Waals surface area contributed by atoms with E-state index in [4.69, 9.17) is 21.6 Å². The first-order chi connectivity index (χ1) is 4.22. The number of halogens is 1. The number of allylic oxidation sites excluding steroid dienone is 2. The Balaban J connectivity index is 2.63. The van der Waals surface area contributed by atoms with Crippen LogP contribution >= 0.6 is 22.3 Å². The lowest BCUT2D eigenvalue weighted by Gasteiger charge is -2.09. The average molecular weight is 164 g/mol. The van der Waals surface area contributed by atoms with Gasteiger partial charge < -0.3 is 10.0 Å². The van der Waals surface area contributed by atoms with Crippen LogP contribution in [0.2, 0.25) is 0 Å². The van der Waals surface area contributed by atoms with Gasteiger partial charge in [-0.2, -0.15) is 10.7 Å². The van der Waals surface area contributed by atoms with E-state index in [1.807, 2.05) is 0 Å². The van der Waals surface area contributed by atoms with E-state index in [0.29, 0.717) is 4.36 Å². The molecule has 0 aromatic carbocycles. The van der Waals surface area contributed by atoms with Crippen molar-refractivity contribution in [1.82, 2.24) is 0 Å². The van der Waals surface area contributed by atoms with Gasteiger partial charge in [-0.15, -0.1) is 0 Å². The van der Waals surface area contributed by atoms with Gasteiger partial charge in [-0.25, -0.2) is 0 Å². The largest absolute Gasteiger partial charge is 0.515 e. The predicted molar refractivity (Wildman–Crippen MR) is 42.3 cm³/mol. The molecule has 0 fully saturated rings. The Morgan fingerprint density at radius 3 is 2.44 bits per heavy atom. The van der Waals surface area contributed by atoms with Crippen LogP contribution < -0.4 is 0 Å². The summed E-state index contributed by atoms with van der Waals surface area (Å²) in [6.45, 7) is 0. The van der Waals surface area contributed by atoms with E-state index in [1.165, 1.54) is 0 Å². The van der Waals surface area contributed by atoms with Crippen molar-refractivity contribution in [3.63, 3.8) is 0 Å². The fraction of sp³-hybridized carbons (Fsp3) is 0. The monoisotopic (exact) mass is 164 g/mol. The Morgan fingerprint density at radius 2 is 2.22 bits per heavy atom. The first-order valence-corrected chi connectivity index (χ1v) is 4.26. The minimum absolute atomic E-state index is 0.542. The molecule has 1 rings (SSSR count). The van der Waals surface area contributed by atoms with Gasteiger partial charge in [-0.3, -0.25) is 0 Å².